The van der Waals surface area contributed by atoms with Crippen molar-refractivity contribution in [3.05, 3.63) is 28.2 Å². The molecule has 0 aromatic heterocycles. The van der Waals surface area contributed by atoms with Crippen molar-refractivity contribution in [2.24, 2.45) is 0 Å². The highest BCUT2D eigenvalue weighted by atomic mass is 35.5. The Hall–Kier alpha value is -0.480. The molecule has 2 fully saturated rings. The zero-order valence-electron chi connectivity index (χ0n) is 10.6. The maximum Gasteiger partial charge on any atom is 0.0956 e. The van der Waals surface area contributed by atoms with Crippen molar-refractivity contribution in [2.45, 2.75) is 30.9 Å². The summed E-state index contributed by atoms with van der Waals surface area (Å²) in [6, 6.07) is 5.93. The summed E-state index contributed by atoms with van der Waals surface area (Å²) >= 11 is 12.0. The van der Waals surface area contributed by atoms with Gasteiger partial charge in [-0.25, -0.2) is 0 Å². The van der Waals surface area contributed by atoms with E-state index in [9.17, 15) is 0 Å². The quantitative estimate of drug-likeness (QED) is 0.902. The molecule has 0 amide bonds. The van der Waals surface area contributed by atoms with E-state index in [-0.39, 0.29) is 5.60 Å². The normalized spacial score (nSPS) is 30.7. The molecule has 1 aromatic carbocycles. The molecule has 2 unspecified atom stereocenters. The van der Waals surface area contributed by atoms with E-state index >= 15 is 0 Å². The molecule has 2 heterocycles. The summed E-state index contributed by atoms with van der Waals surface area (Å²) in [6.45, 7) is 2.28. The zero-order chi connectivity index (χ0) is 13.3. The van der Waals surface area contributed by atoms with Crippen LogP contribution in [0.2, 0.25) is 10.0 Å². The minimum Gasteiger partial charge on any atom is -0.382 e. The minimum absolute atomic E-state index is 0.0850. The van der Waals surface area contributed by atoms with Gasteiger partial charge in [-0.15, -0.1) is 0 Å². The summed E-state index contributed by atoms with van der Waals surface area (Å²) in [4.78, 5) is 0. The van der Waals surface area contributed by atoms with Crippen LogP contribution in [-0.4, -0.2) is 31.5 Å². The second kappa shape index (κ2) is 5.49. The lowest BCUT2D eigenvalue weighted by Crippen LogP contribution is -2.44. The topological polar surface area (TPSA) is 30.5 Å². The first-order valence-corrected chi connectivity index (χ1v) is 7.35. The molecule has 19 heavy (non-hydrogen) atoms. The first-order chi connectivity index (χ1) is 9.15. The largest absolute Gasteiger partial charge is 0.382 e. The van der Waals surface area contributed by atoms with E-state index in [1.165, 1.54) is 0 Å². The number of ether oxygens (including phenoxy) is 2. The van der Waals surface area contributed by atoms with Crippen molar-refractivity contribution < 1.29 is 9.47 Å². The fourth-order valence-electron chi connectivity index (χ4n) is 2.89. The van der Waals surface area contributed by atoms with E-state index < -0.39 is 0 Å². The average Bonchev–Trinajstić information content (AvgIpc) is 2.76. The standard InChI is InChI=1S/C14H17Cl2NO2/c15-10-5-11(16)7-13(6-10)17-12-1-3-19-14(8-12)2-4-18-9-14/h5-7,12,17H,1-4,8-9H2. The first-order valence-electron chi connectivity index (χ1n) is 6.60. The highest BCUT2D eigenvalue weighted by Crippen LogP contribution is 2.34. The molecule has 2 aliphatic rings. The second-order valence-corrected chi connectivity index (χ2v) is 6.20. The van der Waals surface area contributed by atoms with Crippen LogP contribution >= 0.6 is 23.2 Å². The SMILES string of the molecule is Clc1cc(Cl)cc(NC2CCOC3(CCOC3)C2)c1. The fourth-order valence-corrected chi connectivity index (χ4v) is 3.41. The van der Waals surface area contributed by atoms with Gasteiger partial charge in [-0.1, -0.05) is 23.2 Å². The molecule has 0 aliphatic carbocycles. The van der Waals surface area contributed by atoms with Gasteiger partial charge in [0, 0.05) is 41.4 Å². The Balaban J connectivity index is 1.69. The van der Waals surface area contributed by atoms with Crippen LogP contribution < -0.4 is 5.32 Å². The van der Waals surface area contributed by atoms with Gasteiger partial charge in [-0.3, -0.25) is 0 Å². The summed E-state index contributed by atoms with van der Waals surface area (Å²) in [5, 5.41) is 4.82. The van der Waals surface area contributed by atoms with Gasteiger partial charge in [-0.05, 0) is 31.0 Å². The summed E-state index contributed by atoms with van der Waals surface area (Å²) in [5.74, 6) is 0. The van der Waals surface area contributed by atoms with Gasteiger partial charge in [0.15, 0.2) is 0 Å². The van der Waals surface area contributed by atoms with E-state index in [1.807, 2.05) is 12.1 Å². The monoisotopic (exact) mass is 301 g/mol. The Morgan fingerprint density at radius 2 is 1.95 bits per heavy atom. The number of hydrogen-bond acceptors (Lipinski definition) is 3. The highest BCUT2D eigenvalue weighted by molar-refractivity contribution is 6.35. The molecule has 3 nitrogen and oxygen atoms in total. The van der Waals surface area contributed by atoms with Crippen molar-refractivity contribution in [1.82, 2.24) is 0 Å². The highest BCUT2D eigenvalue weighted by Gasteiger charge is 2.40. The van der Waals surface area contributed by atoms with Crippen LogP contribution in [-0.2, 0) is 9.47 Å². The maximum atomic E-state index is 6.02. The van der Waals surface area contributed by atoms with Crippen LogP contribution in [0.5, 0.6) is 0 Å². The number of hydrogen-bond donors (Lipinski definition) is 1. The fraction of sp³-hybridized carbons (Fsp3) is 0.571. The van der Waals surface area contributed by atoms with Gasteiger partial charge in [0.2, 0.25) is 0 Å². The number of nitrogens with one attached hydrogen (secondary N) is 1. The Labute approximate surface area is 123 Å². The number of rotatable bonds is 2. The molecule has 0 saturated carbocycles. The van der Waals surface area contributed by atoms with E-state index in [1.54, 1.807) is 6.07 Å². The first kappa shape index (κ1) is 13.5. The molecule has 3 rings (SSSR count). The third-order valence-electron chi connectivity index (χ3n) is 3.79. The van der Waals surface area contributed by atoms with Crippen LogP contribution in [0.1, 0.15) is 19.3 Å². The van der Waals surface area contributed by atoms with Crippen molar-refractivity contribution in [2.75, 3.05) is 25.1 Å². The molecule has 0 bridgehead atoms. The smallest absolute Gasteiger partial charge is 0.0956 e. The van der Waals surface area contributed by atoms with Crippen LogP contribution in [0, 0.1) is 0 Å². The number of anilines is 1. The Morgan fingerprint density at radius 1 is 1.16 bits per heavy atom. The van der Waals surface area contributed by atoms with E-state index in [0.717, 1.165) is 38.2 Å². The van der Waals surface area contributed by atoms with Gasteiger partial charge in [0.1, 0.15) is 0 Å². The maximum absolute atomic E-state index is 6.02. The second-order valence-electron chi connectivity index (χ2n) is 5.33. The molecular formula is C14H17Cl2NO2. The van der Waals surface area contributed by atoms with E-state index in [4.69, 9.17) is 32.7 Å². The van der Waals surface area contributed by atoms with Gasteiger partial charge in [0.25, 0.3) is 0 Å². The van der Waals surface area contributed by atoms with Gasteiger partial charge in [0.05, 0.1) is 12.2 Å². The number of halogens is 2. The van der Waals surface area contributed by atoms with Gasteiger partial charge < -0.3 is 14.8 Å². The van der Waals surface area contributed by atoms with Crippen molar-refractivity contribution in [1.29, 1.82) is 0 Å². The van der Waals surface area contributed by atoms with Crippen LogP contribution in [0.4, 0.5) is 5.69 Å². The molecule has 0 radical (unpaired) electrons. The predicted octanol–water partition coefficient (Wildman–Crippen LogP) is 3.74. The van der Waals surface area contributed by atoms with Crippen molar-refractivity contribution >= 4 is 28.9 Å². The zero-order valence-corrected chi connectivity index (χ0v) is 12.1. The summed E-state index contributed by atoms with van der Waals surface area (Å²) in [7, 11) is 0. The van der Waals surface area contributed by atoms with Crippen molar-refractivity contribution in [3.8, 4) is 0 Å². The Bertz CT molecular complexity index is 441. The molecule has 5 heteroatoms. The van der Waals surface area contributed by atoms with Crippen LogP contribution in [0.15, 0.2) is 18.2 Å². The van der Waals surface area contributed by atoms with Gasteiger partial charge >= 0.3 is 0 Å². The lowest BCUT2D eigenvalue weighted by Gasteiger charge is -2.37. The Morgan fingerprint density at radius 3 is 2.63 bits per heavy atom. The van der Waals surface area contributed by atoms with Gasteiger partial charge in [-0.2, -0.15) is 0 Å². The predicted molar refractivity (Wildman–Crippen MR) is 77.2 cm³/mol. The summed E-state index contributed by atoms with van der Waals surface area (Å²) in [5.41, 5.74) is 0.886. The Kier molecular flexibility index (Phi) is 3.90. The number of benzene rings is 1. The molecule has 1 aromatic rings. The molecule has 2 aliphatic heterocycles. The molecule has 2 saturated heterocycles. The molecule has 1 spiro atoms. The molecule has 2 atom stereocenters. The minimum atomic E-state index is -0.0850. The lowest BCUT2D eigenvalue weighted by atomic mass is 9.89. The van der Waals surface area contributed by atoms with Crippen molar-refractivity contribution in [3.63, 3.8) is 0 Å². The lowest BCUT2D eigenvalue weighted by molar-refractivity contribution is -0.0828. The average molecular weight is 302 g/mol. The third kappa shape index (κ3) is 3.16. The van der Waals surface area contributed by atoms with E-state index in [2.05, 4.69) is 5.32 Å². The van der Waals surface area contributed by atoms with Crippen LogP contribution in [0.3, 0.4) is 0 Å². The summed E-state index contributed by atoms with van der Waals surface area (Å²) in [6.07, 6.45) is 2.95. The molecular weight excluding hydrogens is 285 g/mol. The van der Waals surface area contributed by atoms with Crippen LogP contribution in [0.25, 0.3) is 0 Å². The van der Waals surface area contributed by atoms with E-state index in [0.29, 0.717) is 22.7 Å². The summed E-state index contributed by atoms with van der Waals surface area (Å²) < 4.78 is 11.4. The molecule has 104 valence electrons. The third-order valence-corrected chi connectivity index (χ3v) is 4.23. The molecule has 1 N–H and O–H groups in total.